The largest absolute Gasteiger partial charge is 0.381 e. The first kappa shape index (κ1) is 15.0. The molecule has 1 fully saturated rings. The van der Waals surface area contributed by atoms with Gasteiger partial charge < -0.3 is 10.5 Å². The van der Waals surface area contributed by atoms with Gasteiger partial charge in [0.15, 0.2) is 5.82 Å². The van der Waals surface area contributed by atoms with Gasteiger partial charge in [-0.05, 0) is 18.1 Å². The van der Waals surface area contributed by atoms with Crippen LogP contribution >= 0.6 is 11.6 Å². The van der Waals surface area contributed by atoms with E-state index >= 15 is 0 Å². The highest BCUT2D eigenvalue weighted by Crippen LogP contribution is 2.25. The number of halogens is 1. The van der Waals surface area contributed by atoms with Crippen molar-refractivity contribution >= 4 is 17.5 Å². The van der Waals surface area contributed by atoms with Gasteiger partial charge in [0.2, 0.25) is 5.91 Å². The van der Waals surface area contributed by atoms with Gasteiger partial charge in [-0.2, -0.15) is 5.10 Å². The Hall–Kier alpha value is -1.92. The van der Waals surface area contributed by atoms with E-state index in [9.17, 15) is 4.79 Å². The quantitative estimate of drug-likeness (QED) is 0.905. The molecule has 2 aromatic rings. The molecular formula is C15H17ClN4O2. The zero-order valence-electron chi connectivity index (χ0n) is 12.0. The van der Waals surface area contributed by atoms with Gasteiger partial charge in [0, 0.05) is 17.5 Å². The Bertz CT molecular complexity index is 680. The average Bonchev–Trinajstić information content (AvgIpc) is 3.10. The van der Waals surface area contributed by atoms with Crippen molar-refractivity contribution in [2.45, 2.75) is 25.3 Å². The first-order valence-corrected chi connectivity index (χ1v) is 7.54. The van der Waals surface area contributed by atoms with Crippen molar-refractivity contribution < 1.29 is 9.53 Å². The SMILES string of the molecule is NC(=O)Cc1nc([C@H]2CCOC2)n(Cc2ccccc2Cl)n1. The molecule has 7 heteroatoms. The second-order valence-corrected chi connectivity index (χ2v) is 5.75. The molecular weight excluding hydrogens is 304 g/mol. The van der Waals surface area contributed by atoms with Crippen LogP contribution in [0.2, 0.25) is 5.02 Å². The summed E-state index contributed by atoms with van der Waals surface area (Å²) in [6.45, 7) is 1.85. The third-order valence-electron chi connectivity index (χ3n) is 3.65. The van der Waals surface area contributed by atoms with Gasteiger partial charge in [0.25, 0.3) is 0 Å². The number of hydrogen-bond acceptors (Lipinski definition) is 4. The summed E-state index contributed by atoms with van der Waals surface area (Å²) in [5.74, 6) is 1.02. The summed E-state index contributed by atoms with van der Waals surface area (Å²) in [5, 5.41) is 5.11. The molecule has 6 nitrogen and oxygen atoms in total. The lowest BCUT2D eigenvalue weighted by Crippen LogP contribution is -2.15. The van der Waals surface area contributed by atoms with Crippen LogP contribution in [0.4, 0.5) is 0 Å². The van der Waals surface area contributed by atoms with E-state index < -0.39 is 5.91 Å². The Labute approximate surface area is 133 Å². The molecule has 1 aromatic carbocycles. The van der Waals surface area contributed by atoms with Crippen LogP contribution in [0.5, 0.6) is 0 Å². The fourth-order valence-corrected chi connectivity index (χ4v) is 2.77. The normalized spacial score (nSPS) is 17.8. The van der Waals surface area contributed by atoms with E-state index in [1.165, 1.54) is 0 Å². The van der Waals surface area contributed by atoms with E-state index in [1.54, 1.807) is 4.68 Å². The van der Waals surface area contributed by atoms with Crippen LogP contribution in [0, 0.1) is 0 Å². The molecule has 1 atom stereocenters. The van der Waals surface area contributed by atoms with Gasteiger partial charge in [-0.15, -0.1) is 0 Å². The third kappa shape index (κ3) is 3.28. The van der Waals surface area contributed by atoms with E-state index in [2.05, 4.69) is 10.1 Å². The Balaban J connectivity index is 1.91. The standard InChI is InChI=1S/C15H17ClN4O2/c16-12-4-2-1-3-10(12)8-20-15(11-5-6-22-9-11)18-14(19-20)7-13(17)21/h1-4,11H,5-9H2,(H2,17,21)/t11-/m0/s1. The molecule has 0 unspecified atom stereocenters. The van der Waals surface area contributed by atoms with Crippen LogP contribution in [0.15, 0.2) is 24.3 Å². The number of carbonyl (C=O) groups is 1. The molecule has 2 heterocycles. The van der Waals surface area contributed by atoms with Gasteiger partial charge >= 0.3 is 0 Å². The Morgan fingerprint density at radius 2 is 2.27 bits per heavy atom. The number of amides is 1. The van der Waals surface area contributed by atoms with Crippen molar-refractivity contribution in [3.05, 3.63) is 46.5 Å². The van der Waals surface area contributed by atoms with Crippen LogP contribution in [0.3, 0.4) is 0 Å². The molecule has 1 amide bonds. The van der Waals surface area contributed by atoms with Crippen molar-refractivity contribution in [3.8, 4) is 0 Å². The van der Waals surface area contributed by atoms with Crippen LogP contribution in [0.25, 0.3) is 0 Å². The maximum absolute atomic E-state index is 11.1. The lowest BCUT2D eigenvalue weighted by atomic mass is 10.1. The minimum absolute atomic E-state index is 0.0378. The summed E-state index contributed by atoms with van der Waals surface area (Å²) in [6, 6.07) is 7.61. The predicted octanol–water partition coefficient (Wildman–Crippen LogP) is 1.51. The number of rotatable bonds is 5. The molecule has 0 spiro atoms. The molecule has 22 heavy (non-hydrogen) atoms. The monoisotopic (exact) mass is 320 g/mol. The number of aromatic nitrogens is 3. The van der Waals surface area contributed by atoms with Gasteiger partial charge in [0.05, 0.1) is 19.6 Å². The number of primary amides is 1. The number of nitrogens with zero attached hydrogens (tertiary/aromatic N) is 3. The molecule has 1 aliphatic heterocycles. The summed E-state index contributed by atoms with van der Waals surface area (Å²) in [7, 11) is 0. The summed E-state index contributed by atoms with van der Waals surface area (Å²) in [4.78, 5) is 15.6. The van der Waals surface area contributed by atoms with Crippen LogP contribution < -0.4 is 5.73 Å². The first-order chi connectivity index (χ1) is 10.6. The molecule has 1 aliphatic rings. The van der Waals surface area contributed by atoms with Crippen molar-refractivity contribution in [1.29, 1.82) is 0 Å². The van der Waals surface area contributed by atoms with Gasteiger partial charge in [-0.1, -0.05) is 29.8 Å². The fourth-order valence-electron chi connectivity index (χ4n) is 2.58. The zero-order chi connectivity index (χ0) is 15.5. The molecule has 1 saturated heterocycles. The topological polar surface area (TPSA) is 83.0 Å². The average molecular weight is 321 g/mol. The Kier molecular flexibility index (Phi) is 4.40. The number of nitrogens with two attached hydrogens (primary N) is 1. The fraction of sp³-hybridized carbons (Fsp3) is 0.400. The molecule has 3 rings (SSSR count). The summed E-state index contributed by atoms with van der Waals surface area (Å²) >= 11 is 6.22. The molecule has 116 valence electrons. The molecule has 0 saturated carbocycles. The van der Waals surface area contributed by atoms with E-state index in [-0.39, 0.29) is 12.3 Å². The lowest BCUT2D eigenvalue weighted by molar-refractivity contribution is -0.117. The van der Waals surface area contributed by atoms with Crippen LogP contribution in [-0.2, 0) is 22.5 Å². The Morgan fingerprint density at radius 1 is 1.45 bits per heavy atom. The number of benzene rings is 1. The zero-order valence-corrected chi connectivity index (χ0v) is 12.8. The van der Waals surface area contributed by atoms with Crippen molar-refractivity contribution in [3.63, 3.8) is 0 Å². The van der Waals surface area contributed by atoms with E-state index in [0.29, 0.717) is 24.0 Å². The minimum Gasteiger partial charge on any atom is -0.381 e. The summed E-state index contributed by atoms with van der Waals surface area (Å²) in [6.07, 6.45) is 0.938. The minimum atomic E-state index is -0.441. The third-order valence-corrected chi connectivity index (χ3v) is 4.02. The molecule has 0 aliphatic carbocycles. The van der Waals surface area contributed by atoms with Gasteiger partial charge in [-0.3, -0.25) is 4.79 Å². The number of carbonyl (C=O) groups excluding carboxylic acids is 1. The second kappa shape index (κ2) is 6.46. The lowest BCUT2D eigenvalue weighted by Gasteiger charge is -2.10. The van der Waals surface area contributed by atoms with Crippen LogP contribution in [0.1, 0.15) is 29.6 Å². The smallest absolute Gasteiger partial charge is 0.225 e. The Morgan fingerprint density at radius 3 is 2.95 bits per heavy atom. The van der Waals surface area contributed by atoms with Crippen molar-refractivity contribution in [2.75, 3.05) is 13.2 Å². The second-order valence-electron chi connectivity index (χ2n) is 5.34. The maximum Gasteiger partial charge on any atom is 0.225 e. The molecule has 1 aromatic heterocycles. The maximum atomic E-state index is 11.1. The van der Waals surface area contributed by atoms with E-state index in [0.717, 1.165) is 24.4 Å². The summed E-state index contributed by atoms with van der Waals surface area (Å²) in [5.41, 5.74) is 6.20. The highest BCUT2D eigenvalue weighted by atomic mass is 35.5. The molecule has 0 radical (unpaired) electrons. The number of ether oxygens (including phenoxy) is 1. The highest BCUT2D eigenvalue weighted by Gasteiger charge is 2.25. The summed E-state index contributed by atoms with van der Waals surface area (Å²) < 4.78 is 7.24. The van der Waals surface area contributed by atoms with Gasteiger partial charge in [0.1, 0.15) is 5.82 Å². The van der Waals surface area contributed by atoms with E-state index in [4.69, 9.17) is 22.1 Å². The molecule has 2 N–H and O–H groups in total. The van der Waals surface area contributed by atoms with Crippen molar-refractivity contribution in [1.82, 2.24) is 14.8 Å². The highest BCUT2D eigenvalue weighted by molar-refractivity contribution is 6.31. The first-order valence-electron chi connectivity index (χ1n) is 7.16. The number of hydrogen-bond donors (Lipinski definition) is 1. The van der Waals surface area contributed by atoms with Crippen molar-refractivity contribution in [2.24, 2.45) is 5.73 Å². The van der Waals surface area contributed by atoms with E-state index in [1.807, 2.05) is 24.3 Å². The molecule has 0 bridgehead atoms. The van der Waals surface area contributed by atoms with Crippen LogP contribution in [-0.4, -0.2) is 33.9 Å². The predicted molar refractivity (Wildman–Crippen MR) is 81.7 cm³/mol. The van der Waals surface area contributed by atoms with Gasteiger partial charge in [-0.25, -0.2) is 9.67 Å².